The van der Waals surface area contributed by atoms with Crippen molar-refractivity contribution in [2.75, 3.05) is 49.6 Å². The number of benzene rings is 2. The molecule has 3 saturated heterocycles. The van der Waals surface area contributed by atoms with Crippen LogP contribution in [-0.4, -0.2) is 89.7 Å². The van der Waals surface area contributed by atoms with Gasteiger partial charge < -0.3 is 29.4 Å². The van der Waals surface area contributed by atoms with Crippen molar-refractivity contribution in [2.24, 2.45) is 11.8 Å². The van der Waals surface area contributed by atoms with Crippen LogP contribution in [0.25, 0.3) is 0 Å². The van der Waals surface area contributed by atoms with Crippen LogP contribution in [0.3, 0.4) is 0 Å². The summed E-state index contributed by atoms with van der Waals surface area (Å²) in [6, 6.07) is 15.2. The van der Waals surface area contributed by atoms with Crippen molar-refractivity contribution in [3.63, 3.8) is 0 Å². The highest BCUT2D eigenvalue weighted by Gasteiger charge is 2.79. The summed E-state index contributed by atoms with van der Waals surface area (Å²) in [7, 11) is 1.71. The Morgan fingerprint density at radius 2 is 1.61 bits per heavy atom. The molecule has 2 bridgehead atoms. The van der Waals surface area contributed by atoms with Crippen LogP contribution < -0.4 is 9.80 Å². The number of rotatable bonds is 14. The fourth-order valence-electron chi connectivity index (χ4n) is 8.23. The highest BCUT2D eigenvalue weighted by Crippen LogP contribution is 2.65. The van der Waals surface area contributed by atoms with E-state index in [0.29, 0.717) is 37.1 Å². The highest BCUT2D eigenvalue weighted by atomic mass is 16.5. The zero-order valence-corrected chi connectivity index (χ0v) is 27.6. The van der Waals surface area contributed by atoms with Gasteiger partial charge in [0.05, 0.1) is 30.1 Å². The average molecular weight is 629 g/mol. The fraction of sp³-hybridized carbons (Fsp3) is 0.486. The largest absolute Gasteiger partial charge is 0.394 e. The van der Waals surface area contributed by atoms with E-state index in [1.54, 1.807) is 29.0 Å². The Hall–Kier alpha value is -3.95. The summed E-state index contributed by atoms with van der Waals surface area (Å²) in [6.45, 7) is 15.8. The van der Waals surface area contributed by atoms with E-state index in [4.69, 9.17) is 4.74 Å². The van der Waals surface area contributed by atoms with E-state index in [1.807, 2.05) is 61.5 Å². The number of likely N-dealkylation sites (N-methyl/N-ethyl adjacent to an activating group) is 1. The molecule has 2 aromatic carbocycles. The van der Waals surface area contributed by atoms with E-state index in [9.17, 15) is 14.7 Å². The van der Waals surface area contributed by atoms with Crippen LogP contribution in [0.2, 0.25) is 0 Å². The van der Waals surface area contributed by atoms with Crippen LogP contribution in [0.1, 0.15) is 51.6 Å². The van der Waals surface area contributed by atoms with Crippen molar-refractivity contribution in [3.8, 4) is 0 Å². The fourth-order valence-corrected chi connectivity index (χ4v) is 8.23. The molecule has 0 aromatic heterocycles. The first kappa shape index (κ1) is 33.4. The minimum atomic E-state index is -1.23. The van der Waals surface area contributed by atoms with E-state index in [2.05, 4.69) is 31.9 Å². The zero-order chi connectivity index (χ0) is 33.2. The Labute approximate surface area is 273 Å². The summed E-state index contributed by atoms with van der Waals surface area (Å²) in [4.78, 5) is 51.1. The van der Waals surface area contributed by atoms with Crippen LogP contribution in [-0.2, 0) is 19.1 Å². The quantitative estimate of drug-likeness (QED) is 0.308. The van der Waals surface area contributed by atoms with Crippen LogP contribution >= 0.6 is 0 Å². The lowest BCUT2D eigenvalue weighted by Crippen LogP contribution is -2.57. The number of aliphatic hydroxyl groups excluding tert-OH is 1. The molecular formula is C37H48N4O5. The van der Waals surface area contributed by atoms with Crippen molar-refractivity contribution in [1.29, 1.82) is 0 Å². The summed E-state index contributed by atoms with van der Waals surface area (Å²) < 4.78 is 6.99. The van der Waals surface area contributed by atoms with Gasteiger partial charge in [0.1, 0.15) is 11.6 Å². The molecule has 1 spiro atoms. The van der Waals surface area contributed by atoms with Gasteiger partial charge in [0.25, 0.3) is 5.91 Å². The molecule has 3 heterocycles. The number of nitrogens with zero attached hydrogens (tertiary/aromatic N) is 4. The van der Waals surface area contributed by atoms with E-state index >= 15 is 4.79 Å². The molecule has 46 heavy (non-hydrogen) atoms. The molecule has 1 N–H and O–H groups in total. The Morgan fingerprint density at radius 1 is 0.978 bits per heavy atom. The maximum absolute atomic E-state index is 15.1. The van der Waals surface area contributed by atoms with Crippen molar-refractivity contribution >= 4 is 29.1 Å². The van der Waals surface area contributed by atoms with Gasteiger partial charge >= 0.3 is 0 Å². The van der Waals surface area contributed by atoms with E-state index in [1.165, 1.54) is 4.90 Å². The molecule has 3 aliphatic heterocycles. The number of likely N-dealkylation sites (tertiary alicyclic amines) is 1. The lowest BCUT2D eigenvalue weighted by atomic mass is 9.64. The number of amides is 3. The minimum absolute atomic E-state index is 0.190. The molecule has 3 amide bonds. The molecule has 2 aromatic rings. The molecule has 6 atom stereocenters. The third kappa shape index (κ3) is 5.23. The Morgan fingerprint density at radius 3 is 2.17 bits per heavy atom. The second kappa shape index (κ2) is 13.4. The molecule has 0 radical (unpaired) electrons. The lowest BCUT2D eigenvalue weighted by molar-refractivity contribution is -0.153. The predicted octanol–water partition coefficient (Wildman–Crippen LogP) is 4.58. The van der Waals surface area contributed by atoms with Crippen molar-refractivity contribution in [1.82, 2.24) is 9.80 Å². The maximum atomic E-state index is 15.1. The summed E-state index contributed by atoms with van der Waals surface area (Å²) in [5.74, 6) is -2.48. The van der Waals surface area contributed by atoms with Gasteiger partial charge in [-0.2, -0.15) is 0 Å². The van der Waals surface area contributed by atoms with Gasteiger partial charge in [0.2, 0.25) is 11.8 Å². The van der Waals surface area contributed by atoms with Gasteiger partial charge in [-0.3, -0.25) is 14.4 Å². The zero-order valence-electron chi connectivity index (χ0n) is 27.6. The van der Waals surface area contributed by atoms with Crippen LogP contribution in [0, 0.1) is 11.8 Å². The number of ether oxygens (including phenoxy) is 1. The van der Waals surface area contributed by atoms with E-state index in [-0.39, 0.29) is 24.3 Å². The first-order chi connectivity index (χ1) is 22.2. The van der Waals surface area contributed by atoms with E-state index in [0.717, 1.165) is 18.8 Å². The van der Waals surface area contributed by atoms with Crippen molar-refractivity contribution in [3.05, 3.63) is 85.5 Å². The monoisotopic (exact) mass is 628 g/mol. The number of hydrogen-bond acceptors (Lipinski definition) is 6. The first-order valence-corrected chi connectivity index (χ1v) is 16.5. The van der Waals surface area contributed by atoms with E-state index < -0.39 is 41.7 Å². The second-order valence-corrected chi connectivity index (χ2v) is 12.6. The number of anilines is 2. The topological polar surface area (TPSA) is 93.6 Å². The first-order valence-electron chi connectivity index (χ1n) is 16.5. The number of aliphatic hydroxyl groups is 1. The smallest absolute Gasteiger partial charge is 0.253 e. The Kier molecular flexibility index (Phi) is 9.75. The van der Waals surface area contributed by atoms with Crippen molar-refractivity contribution < 1.29 is 24.2 Å². The van der Waals surface area contributed by atoms with Crippen molar-refractivity contribution in [2.45, 2.75) is 63.3 Å². The second-order valence-electron chi connectivity index (χ2n) is 12.6. The van der Waals surface area contributed by atoms with Gasteiger partial charge in [-0.05, 0) is 62.9 Å². The molecular weight excluding hydrogens is 580 g/mol. The number of fused-ring (bicyclic) bond motifs is 1. The van der Waals surface area contributed by atoms with Crippen LogP contribution in [0.5, 0.6) is 0 Å². The SMILES string of the molecule is C=CCN(C)C(=O)[C@H]1[C@H]2C(=O)N([C@H](CO)c3ccccc3)C(C(=O)N(CC=C)c3ccc(N(CC)CC)cc3)C23CC[C@]1(CC)O3. The summed E-state index contributed by atoms with van der Waals surface area (Å²) in [5, 5.41) is 10.8. The summed E-state index contributed by atoms with van der Waals surface area (Å²) in [5.41, 5.74) is 0.325. The predicted molar refractivity (Wildman–Crippen MR) is 180 cm³/mol. The maximum Gasteiger partial charge on any atom is 0.253 e. The van der Waals surface area contributed by atoms with Gasteiger partial charge in [-0.1, -0.05) is 49.4 Å². The third-order valence-corrected chi connectivity index (χ3v) is 10.5. The molecule has 246 valence electrons. The third-order valence-electron chi connectivity index (χ3n) is 10.5. The number of carbonyl (C=O) groups excluding carboxylic acids is 3. The van der Waals surface area contributed by atoms with Gasteiger partial charge in [0, 0.05) is 44.6 Å². The summed E-state index contributed by atoms with van der Waals surface area (Å²) >= 11 is 0. The number of hydrogen-bond donors (Lipinski definition) is 1. The Balaban J connectivity index is 1.65. The Bertz CT molecular complexity index is 1440. The molecule has 0 saturated carbocycles. The molecule has 3 aliphatic rings. The highest BCUT2D eigenvalue weighted by molar-refractivity contribution is 6.05. The van der Waals surface area contributed by atoms with Gasteiger partial charge in [-0.25, -0.2) is 0 Å². The average Bonchev–Trinajstić information content (AvgIpc) is 3.68. The van der Waals surface area contributed by atoms with Crippen LogP contribution in [0.4, 0.5) is 11.4 Å². The van der Waals surface area contributed by atoms with Gasteiger partial charge in [-0.15, -0.1) is 13.2 Å². The van der Waals surface area contributed by atoms with Crippen LogP contribution in [0.15, 0.2) is 79.9 Å². The molecule has 5 rings (SSSR count). The molecule has 0 aliphatic carbocycles. The lowest BCUT2D eigenvalue weighted by Gasteiger charge is -2.39. The minimum Gasteiger partial charge on any atom is -0.394 e. The summed E-state index contributed by atoms with van der Waals surface area (Å²) in [6.07, 6.45) is 4.87. The molecule has 3 fully saturated rings. The normalized spacial score (nSPS) is 26.8. The standard InChI is InChI=1S/C37H48N4O5/c1-7-23-38(6)33(43)30-31-34(44)41(29(25-42)26-15-13-12-14-16-26)32(37(31)22-21-36(30,9-3)46-37)35(45)40(24-8-2)28-19-17-27(18-20-28)39(10-4)11-5/h7-8,12-20,29-32,42H,1-2,9-11,21-25H2,3-6H3/t29-,30-,31+,32?,36+,37?/m1/s1. The molecule has 2 unspecified atom stereocenters. The van der Waals surface area contributed by atoms with Gasteiger partial charge in [0.15, 0.2) is 0 Å². The molecule has 9 nitrogen and oxygen atoms in total. The molecule has 9 heteroatoms. The number of carbonyl (C=O) groups is 3.